The zero-order valence-electron chi connectivity index (χ0n) is 14.2. The molecule has 7 nitrogen and oxygen atoms in total. The number of rotatable bonds is 7. The van der Waals surface area contributed by atoms with Crippen LogP contribution in [0.3, 0.4) is 0 Å². The van der Waals surface area contributed by atoms with Crippen molar-refractivity contribution < 1.29 is 19.1 Å². The number of methoxy groups -OCH3 is 1. The van der Waals surface area contributed by atoms with Crippen LogP contribution in [0.2, 0.25) is 0 Å². The second kappa shape index (κ2) is 8.13. The highest BCUT2D eigenvalue weighted by molar-refractivity contribution is 5.76. The Bertz CT molecular complexity index is 699. The van der Waals surface area contributed by atoms with E-state index in [-0.39, 0.29) is 17.9 Å². The van der Waals surface area contributed by atoms with E-state index in [1.54, 1.807) is 13.3 Å². The molecule has 1 aromatic carbocycles. The van der Waals surface area contributed by atoms with Gasteiger partial charge in [-0.05, 0) is 24.3 Å². The topological polar surface area (TPSA) is 96.6 Å². The van der Waals surface area contributed by atoms with Gasteiger partial charge >= 0.3 is 0 Å². The van der Waals surface area contributed by atoms with Gasteiger partial charge in [-0.25, -0.2) is 4.98 Å². The number of amides is 1. The average molecular weight is 345 g/mol. The number of carbonyl (C=O) groups is 1. The fourth-order valence-electron chi connectivity index (χ4n) is 2.80. The molecule has 0 spiro atoms. The molecule has 2 unspecified atom stereocenters. The zero-order chi connectivity index (χ0) is 17.6. The standard InChI is InChI=1S/C18H23N3O4/c1-24-14-4-2-12(3-5-14)16-11-21-18(25-16)7-6-17(23)20-9-13-8-19-10-15(13)22/h2-5,11,13,15,19,22H,6-10H2,1H3,(H,20,23). The number of hydrogen-bond acceptors (Lipinski definition) is 6. The minimum Gasteiger partial charge on any atom is -0.497 e. The summed E-state index contributed by atoms with van der Waals surface area (Å²) in [6, 6.07) is 7.52. The number of hydrogen-bond donors (Lipinski definition) is 3. The lowest BCUT2D eigenvalue weighted by Crippen LogP contribution is -2.34. The third-order valence-corrected chi connectivity index (χ3v) is 4.36. The average Bonchev–Trinajstić information content (AvgIpc) is 3.27. The zero-order valence-corrected chi connectivity index (χ0v) is 14.2. The Morgan fingerprint density at radius 2 is 2.20 bits per heavy atom. The van der Waals surface area contributed by atoms with E-state index in [2.05, 4.69) is 15.6 Å². The van der Waals surface area contributed by atoms with E-state index in [1.165, 1.54) is 0 Å². The van der Waals surface area contributed by atoms with Crippen LogP contribution in [-0.4, -0.2) is 48.8 Å². The summed E-state index contributed by atoms with van der Waals surface area (Å²) in [5.74, 6) is 1.99. The maximum absolute atomic E-state index is 11.9. The number of aliphatic hydroxyl groups excluding tert-OH is 1. The molecule has 0 bridgehead atoms. The van der Waals surface area contributed by atoms with Crippen LogP contribution in [0.15, 0.2) is 34.9 Å². The fraction of sp³-hybridized carbons (Fsp3) is 0.444. The summed E-state index contributed by atoms with van der Waals surface area (Å²) in [7, 11) is 1.62. The van der Waals surface area contributed by atoms with Crippen molar-refractivity contribution in [2.24, 2.45) is 5.92 Å². The van der Waals surface area contributed by atoms with Crippen LogP contribution < -0.4 is 15.4 Å². The van der Waals surface area contributed by atoms with Gasteiger partial charge in [-0.1, -0.05) is 0 Å². The minimum atomic E-state index is -0.390. The number of nitrogens with one attached hydrogen (secondary N) is 2. The number of aromatic nitrogens is 1. The number of β-amino-alcohol motifs (C(OH)–C–C–N with tert-alkyl or cyclic N) is 1. The van der Waals surface area contributed by atoms with Crippen LogP contribution in [0.1, 0.15) is 12.3 Å². The Morgan fingerprint density at radius 1 is 1.40 bits per heavy atom. The summed E-state index contributed by atoms with van der Waals surface area (Å²) in [6.07, 6.45) is 2.01. The van der Waals surface area contributed by atoms with Crippen LogP contribution in [-0.2, 0) is 11.2 Å². The molecule has 2 aromatic rings. The molecule has 3 rings (SSSR count). The number of benzene rings is 1. The lowest BCUT2D eigenvalue weighted by molar-refractivity contribution is -0.121. The molecule has 1 aromatic heterocycles. The smallest absolute Gasteiger partial charge is 0.220 e. The number of aliphatic hydroxyl groups is 1. The first-order valence-electron chi connectivity index (χ1n) is 8.40. The Hall–Kier alpha value is -2.38. The van der Waals surface area contributed by atoms with Crippen molar-refractivity contribution in [2.45, 2.75) is 18.9 Å². The van der Waals surface area contributed by atoms with Crippen molar-refractivity contribution >= 4 is 5.91 Å². The predicted octanol–water partition coefficient (Wildman–Crippen LogP) is 0.979. The van der Waals surface area contributed by atoms with Gasteiger partial charge in [-0.3, -0.25) is 4.79 Å². The molecule has 25 heavy (non-hydrogen) atoms. The molecule has 134 valence electrons. The van der Waals surface area contributed by atoms with Crippen molar-refractivity contribution in [1.29, 1.82) is 0 Å². The summed E-state index contributed by atoms with van der Waals surface area (Å²) in [4.78, 5) is 16.2. The van der Waals surface area contributed by atoms with E-state index in [0.29, 0.717) is 37.6 Å². The SMILES string of the molecule is COc1ccc(-c2cnc(CCC(=O)NCC3CNCC3O)o2)cc1. The molecule has 0 aliphatic carbocycles. The monoisotopic (exact) mass is 345 g/mol. The fourth-order valence-corrected chi connectivity index (χ4v) is 2.80. The molecule has 0 saturated carbocycles. The maximum Gasteiger partial charge on any atom is 0.220 e. The predicted molar refractivity (Wildman–Crippen MR) is 92.2 cm³/mol. The van der Waals surface area contributed by atoms with Crippen molar-refractivity contribution in [2.75, 3.05) is 26.7 Å². The van der Waals surface area contributed by atoms with Crippen LogP contribution in [0, 0.1) is 5.92 Å². The largest absolute Gasteiger partial charge is 0.497 e. The van der Waals surface area contributed by atoms with E-state index in [0.717, 1.165) is 17.9 Å². The highest BCUT2D eigenvalue weighted by atomic mass is 16.5. The highest BCUT2D eigenvalue weighted by Crippen LogP contribution is 2.23. The molecule has 2 heterocycles. The van der Waals surface area contributed by atoms with Crippen LogP contribution in [0.25, 0.3) is 11.3 Å². The number of nitrogens with zero attached hydrogens (tertiary/aromatic N) is 1. The molecule has 3 N–H and O–H groups in total. The van der Waals surface area contributed by atoms with Crippen molar-refractivity contribution in [1.82, 2.24) is 15.6 Å². The van der Waals surface area contributed by atoms with E-state index in [1.807, 2.05) is 24.3 Å². The van der Waals surface area contributed by atoms with E-state index >= 15 is 0 Å². The summed E-state index contributed by atoms with van der Waals surface area (Å²) in [6.45, 7) is 1.80. The number of aryl methyl sites for hydroxylation is 1. The molecule has 1 saturated heterocycles. The van der Waals surface area contributed by atoms with Gasteiger partial charge in [-0.15, -0.1) is 0 Å². The summed E-state index contributed by atoms with van der Waals surface area (Å²) >= 11 is 0. The molecule has 7 heteroatoms. The second-order valence-corrected chi connectivity index (χ2v) is 6.14. The molecular formula is C18H23N3O4. The molecule has 1 amide bonds. The van der Waals surface area contributed by atoms with Crippen LogP contribution >= 0.6 is 0 Å². The third kappa shape index (κ3) is 4.58. The van der Waals surface area contributed by atoms with Crippen molar-refractivity contribution in [3.05, 3.63) is 36.4 Å². The lowest BCUT2D eigenvalue weighted by atomic mass is 10.1. The third-order valence-electron chi connectivity index (χ3n) is 4.36. The Kier molecular flexibility index (Phi) is 5.67. The first kappa shape index (κ1) is 17.4. The van der Waals surface area contributed by atoms with Crippen LogP contribution in [0.5, 0.6) is 5.75 Å². The first-order chi connectivity index (χ1) is 12.2. The quantitative estimate of drug-likeness (QED) is 0.692. The summed E-state index contributed by atoms with van der Waals surface area (Å²) in [5, 5.41) is 15.7. The van der Waals surface area contributed by atoms with Crippen molar-refractivity contribution in [3.8, 4) is 17.1 Å². The molecule has 1 aliphatic rings. The van der Waals surface area contributed by atoms with E-state index in [4.69, 9.17) is 9.15 Å². The molecule has 1 fully saturated rings. The van der Waals surface area contributed by atoms with Gasteiger partial charge in [0.25, 0.3) is 0 Å². The molecular weight excluding hydrogens is 322 g/mol. The lowest BCUT2D eigenvalue weighted by Gasteiger charge is -2.13. The Morgan fingerprint density at radius 3 is 2.88 bits per heavy atom. The second-order valence-electron chi connectivity index (χ2n) is 6.14. The first-order valence-corrected chi connectivity index (χ1v) is 8.40. The summed E-state index contributed by atoms with van der Waals surface area (Å²) < 4.78 is 10.8. The van der Waals surface area contributed by atoms with Gasteiger partial charge in [0.15, 0.2) is 11.7 Å². The van der Waals surface area contributed by atoms with Crippen LogP contribution in [0.4, 0.5) is 0 Å². The van der Waals surface area contributed by atoms with E-state index in [9.17, 15) is 9.90 Å². The van der Waals surface area contributed by atoms with Gasteiger partial charge in [0.1, 0.15) is 5.75 Å². The van der Waals surface area contributed by atoms with Gasteiger partial charge in [0, 0.05) is 44.0 Å². The minimum absolute atomic E-state index is 0.0664. The number of carbonyl (C=O) groups excluding carboxylic acids is 1. The van der Waals surface area contributed by atoms with Gasteiger partial charge in [0.05, 0.1) is 19.4 Å². The van der Waals surface area contributed by atoms with Crippen molar-refractivity contribution in [3.63, 3.8) is 0 Å². The Labute approximate surface area is 146 Å². The number of oxazole rings is 1. The Balaban J connectivity index is 1.47. The summed E-state index contributed by atoms with van der Waals surface area (Å²) in [5.41, 5.74) is 0.909. The van der Waals surface area contributed by atoms with Gasteiger partial charge < -0.3 is 24.9 Å². The molecule has 1 aliphatic heterocycles. The molecule has 2 atom stereocenters. The molecule has 0 radical (unpaired) electrons. The highest BCUT2D eigenvalue weighted by Gasteiger charge is 2.24. The maximum atomic E-state index is 11.9. The normalized spacial score (nSPS) is 19.8. The van der Waals surface area contributed by atoms with E-state index < -0.39 is 0 Å². The van der Waals surface area contributed by atoms with Gasteiger partial charge in [0.2, 0.25) is 5.91 Å². The number of ether oxygens (including phenoxy) is 1. The van der Waals surface area contributed by atoms with Gasteiger partial charge in [-0.2, -0.15) is 0 Å².